The van der Waals surface area contributed by atoms with Crippen LogP contribution in [0, 0.1) is 0 Å². The highest BCUT2D eigenvalue weighted by Gasteiger charge is 2.28. The summed E-state index contributed by atoms with van der Waals surface area (Å²) in [5.41, 5.74) is 0.853. The first-order valence-corrected chi connectivity index (χ1v) is 13.4. The molecular formula is C29H45NO4. The van der Waals surface area contributed by atoms with Gasteiger partial charge in [-0.2, -0.15) is 0 Å². The molecule has 1 aromatic rings. The van der Waals surface area contributed by atoms with Gasteiger partial charge in [-0.3, -0.25) is 0 Å². The maximum Gasteiger partial charge on any atom is 0.331 e. The summed E-state index contributed by atoms with van der Waals surface area (Å²) in [5, 5.41) is 13.0. The van der Waals surface area contributed by atoms with Gasteiger partial charge in [0.2, 0.25) is 0 Å². The lowest BCUT2D eigenvalue weighted by molar-refractivity contribution is -0.145. The van der Waals surface area contributed by atoms with Gasteiger partial charge in [-0.1, -0.05) is 69.9 Å². The Kier molecular flexibility index (Phi) is 13.6. The molecule has 190 valence electrons. The summed E-state index contributed by atoms with van der Waals surface area (Å²) in [6.07, 6.45) is 19.7. The van der Waals surface area contributed by atoms with Crippen molar-refractivity contribution in [3.05, 3.63) is 35.9 Å². The zero-order valence-corrected chi connectivity index (χ0v) is 21.3. The van der Waals surface area contributed by atoms with E-state index in [0.717, 1.165) is 31.2 Å². The fourth-order valence-electron chi connectivity index (χ4n) is 4.68. The molecule has 5 heteroatoms. The Morgan fingerprint density at radius 2 is 1.53 bits per heavy atom. The molecule has 1 aliphatic rings. The molecule has 0 aliphatic carbocycles. The number of phenolic OH excluding ortho intramolecular Hbond substituents is 1. The van der Waals surface area contributed by atoms with E-state index in [1.54, 1.807) is 37.3 Å². The van der Waals surface area contributed by atoms with Crippen LogP contribution in [0.25, 0.3) is 6.08 Å². The first-order chi connectivity index (χ1) is 16.4. The summed E-state index contributed by atoms with van der Waals surface area (Å²) in [4.78, 5) is 23.1. The van der Waals surface area contributed by atoms with E-state index in [9.17, 15) is 14.7 Å². The van der Waals surface area contributed by atoms with Crippen molar-refractivity contribution in [2.45, 2.75) is 122 Å². The highest BCUT2D eigenvalue weighted by molar-refractivity contribution is 5.87. The number of unbranched alkanes of at least 4 members (excludes halogenated alkanes) is 9. The molecule has 1 saturated heterocycles. The SMILES string of the molecule is CC(=O)CCCCCCCCCCCC[C@H]1CC[C@@H](OC(=O)C=Cc2ccc(O)cc2)[C@H](C)N1. The number of nitrogens with one attached hydrogen (secondary N) is 1. The van der Waals surface area contributed by atoms with Gasteiger partial charge in [0.25, 0.3) is 0 Å². The Bertz CT molecular complexity index is 743. The lowest BCUT2D eigenvalue weighted by atomic mass is 9.93. The van der Waals surface area contributed by atoms with E-state index in [4.69, 9.17) is 4.74 Å². The van der Waals surface area contributed by atoms with Crippen molar-refractivity contribution in [1.29, 1.82) is 0 Å². The topological polar surface area (TPSA) is 75.6 Å². The van der Waals surface area contributed by atoms with Gasteiger partial charge in [-0.05, 0) is 63.3 Å². The van der Waals surface area contributed by atoms with Gasteiger partial charge in [0, 0.05) is 24.6 Å². The normalized spacial score (nSPS) is 20.5. The molecule has 0 unspecified atom stereocenters. The standard InChI is InChI=1S/C29H45NO4/c1-23(31)13-11-9-7-5-3-4-6-8-10-12-14-26-18-21-28(24(2)30-26)34-29(33)22-17-25-15-19-27(32)20-16-25/h15-17,19-20,22,24,26,28,30,32H,3-14,18,21H2,1-2H3/t24-,26-,28+/m0/s1. The predicted molar refractivity (Wildman–Crippen MR) is 139 cm³/mol. The van der Waals surface area contributed by atoms with Gasteiger partial charge in [0.1, 0.15) is 17.6 Å². The number of ether oxygens (including phenoxy) is 1. The highest BCUT2D eigenvalue weighted by atomic mass is 16.5. The Balaban J connectivity index is 1.48. The minimum absolute atomic E-state index is 0.0873. The second kappa shape index (κ2) is 16.5. The van der Waals surface area contributed by atoms with Gasteiger partial charge in [0.15, 0.2) is 0 Å². The zero-order chi connectivity index (χ0) is 24.6. The van der Waals surface area contributed by atoms with Crippen LogP contribution in [0.5, 0.6) is 5.75 Å². The average molecular weight is 472 g/mol. The fourth-order valence-corrected chi connectivity index (χ4v) is 4.68. The molecule has 34 heavy (non-hydrogen) atoms. The van der Waals surface area contributed by atoms with E-state index in [-0.39, 0.29) is 23.9 Å². The van der Waals surface area contributed by atoms with Crippen molar-refractivity contribution in [3.8, 4) is 5.75 Å². The number of aromatic hydroxyl groups is 1. The number of Topliss-reactive ketones (excluding diaryl/α,β-unsaturated/α-hetero) is 1. The summed E-state index contributed by atoms with van der Waals surface area (Å²) < 4.78 is 5.67. The number of esters is 1. The number of hydrogen-bond donors (Lipinski definition) is 2. The molecule has 1 aromatic carbocycles. The highest BCUT2D eigenvalue weighted by Crippen LogP contribution is 2.21. The molecule has 0 aromatic heterocycles. The molecule has 0 amide bonds. The predicted octanol–water partition coefficient (Wildman–Crippen LogP) is 6.73. The number of carbonyl (C=O) groups is 2. The fraction of sp³-hybridized carbons (Fsp3) is 0.655. The summed E-state index contributed by atoms with van der Waals surface area (Å²) in [7, 11) is 0. The molecule has 1 heterocycles. The first-order valence-electron chi connectivity index (χ1n) is 13.4. The van der Waals surface area contributed by atoms with Crippen LogP contribution in [0.3, 0.4) is 0 Å². The molecule has 0 bridgehead atoms. The number of rotatable bonds is 16. The Hall–Kier alpha value is -2.14. The third kappa shape index (κ3) is 12.4. The number of hydrogen-bond acceptors (Lipinski definition) is 5. The van der Waals surface area contributed by atoms with Crippen molar-refractivity contribution in [3.63, 3.8) is 0 Å². The second-order valence-electron chi connectivity index (χ2n) is 9.91. The van der Waals surface area contributed by atoms with Crippen LogP contribution in [-0.2, 0) is 14.3 Å². The Morgan fingerprint density at radius 1 is 0.941 bits per heavy atom. The van der Waals surface area contributed by atoms with E-state index in [1.807, 2.05) is 0 Å². The van der Waals surface area contributed by atoms with Gasteiger partial charge < -0.3 is 20.0 Å². The number of phenols is 1. The summed E-state index contributed by atoms with van der Waals surface area (Å²) in [6, 6.07) is 7.40. The van der Waals surface area contributed by atoms with Gasteiger partial charge in [0.05, 0.1) is 0 Å². The smallest absolute Gasteiger partial charge is 0.331 e. The molecule has 2 rings (SSSR count). The van der Waals surface area contributed by atoms with E-state index >= 15 is 0 Å². The number of benzene rings is 1. The first kappa shape index (κ1) is 28.1. The molecule has 0 saturated carbocycles. The number of carbonyl (C=O) groups excluding carboxylic acids is 2. The van der Waals surface area contributed by atoms with Gasteiger partial charge in [-0.25, -0.2) is 4.79 Å². The third-order valence-corrected chi connectivity index (χ3v) is 6.76. The van der Waals surface area contributed by atoms with Gasteiger partial charge in [-0.15, -0.1) is 0 Å². The van der Waals surface area contributed by atoms with Gasteiger partial charge >= 0.3 is 5.97 Å². The van der Waals surface area contributed by atoms with Crippen LogP contribution >= 0.6 is 0 Å². The Labute approximate surface area is 206 Å². The lowest BCUT2D eigenvalue weighted by Gasteiger charge is -2.35. The lowest BCUT2D eigenvalue weighted by Crippen LogP contribution is -2.50. The molecule has 2 N–H and O–H groups in total. The van der Waals surface area contributed by atoms with Crippen LogP contribution in [0.15, 0.2) is 30.3 Å². The summed E-state index contributed by atoms with van der Waals surface area (Å²) >= 11 is 0. The van der Waals surface area contributed by atoms with Crippen LogP contribution in [0.2, 0.25) is 0 Å². The van der Waals surface area contributed by atoms with Crippen LogP contribution in [0.1, 0.15) is 109 Å². The summed E-state index contributed by atoms with van der Waals surface area (Å²) in [5.74, 6) is 0.207. The van der Waals surface area contributed by atoms with E-state index in [2.05, 4.69) is 12.2 Å². The number of piperidine rings is 1. The molecule has 0 spiro atoms. The quantitative estimate of drug-likeness (QED) is 0.159. The van der Waals surface area contributed by atoms with Crippen LogP contribution in [0.4, 0.5) is 0 Å². The summed E-state index contributed by atoms with van der Waals surface area (Å²) in [6.45, 7) is 3.79. The molecule has 1 aliphatic heterocycles. The van der Waals surface area contributed by atoms with Crippen molar-refractivity contribution < 1.29 is 19.4 Å². The maximum atomic E-state index is 12.2. The van der Waals surface area contributed by atoms with E-state index in [1.165, 1.54) is 70.3 Å². The van der Waals surface area contributed by atoms with E-state index < -0.39 is 0 Å². The number of ketones is 1. The Morgan fingerprint density at radius 3 is 2.12 bits per heavy atom. The maximum absolute atomic E-state index is 12.2. The largest absolute Gasteiger partial charge is 0.508 e. The van der Waals surface area contributed by atoms with Crippen molar-refractivity contribution in [2.24, 2.45) is 0 Å². The zero-order valence-electron chi connectivity index (χ0n) is 21.3. The van der Waals surface area contributed by atoms with Crippen LogP contribution < -0.4 is 5.32 Å². The molecule has 1 fully saturated rings. The van der Waals surface area contributed by atoms with Crippen molar-refractivity contribution in [2.75, 3.05) is 0 Å². The van der Waals surface area contributed by atoms with Crippen molar-refractivity contribution in [1.82, 2.24) is 5.32 Å². The molecular weight excluding hydrogens is 426 g/mol. The third-order valence-electron chi connectivity index (χ3n) is 6.76. The van der Waals surface area contributed by atoms with Crippen LogP contribution in [-0.4, -0.2) is 35.0 Å². The minimum atomic E-state index is -0.318. The molecule has 5 nitrogen and oxygen atoms in total. The monoisotopic (exact) mass is 471 g/mol. The second-order valence-corrected chi connectivity index (χ2v) is 9.91. The van der Waals surface area contributed by atoms with Crippen molar-refractivity contribution >= 4 is 17.8 Å². The molecule has 0 radical (unpaired) electrons. The average Bonchev–Trinajstić information content (AvgIpc) is 2.81. The molecule has 3 atom stereocenters. The van der Waals surface area contributed by atoms with E-state index in [0.29, 0.717) is 11.8 Å². The minimum Gasteiger partial charge on any atom is -0.508 e.